The molecule has 1 aromatic heterocycles. The zero-order chi connectivity index (χ0) is 15.2. The Morgan fingerprint density at radius 2 is 2.00 bits per heavy atom. The van der Waals surface area contributed by atoms with Crippen molar-refractivity contribution in [1.29, 1.82) is 0 Å². The van der Waals surface area contributed by atoms with Crippen molar-refractivity contribution in [2.75, 3.05) is 19.0 Å². The number of methoxy groups -OCH3 is 1. The van der Waals surface area contributed by atoms with Crippen LogP contribution < -0.4 is 5.32 Å². The fourth-order valence-corrected chi connectivity index (χ4v) is 2.15. The van der Waals surface area contributed by atoms with Gasteiger partial charge in [0.1, 0.15) is 11.6 Å². The van der Waals surface area contributed by atoms with Gasteiger partial charge >= 0.3 is 0 Å². The standard InChI is InChI=1S/C15H19F2N3O/c1-11(10-21-2)19-15-18-4-6-20(15)5-3-12-7-13(16)9-14(17)8-12/h4,6-9,11H,3,5,10H2,1-2H3,(H,18,19). The SMILES string of the molecule is COCC(C)Nc1nccn1CCc1cc(F)cc(F)c1. The van der Waals surface area contributed by atoms with Crippen molar-refractivity contribution < 1.29 is 13.5 Å². The van der Waals surface area contributed by atoms with Crippen LogP contribution in [0, 0.1) is 11.6 Å². The normalized spacial score (nSPS) is 12.4. The molecule has 1 unspecified atom stereocenters. The van der Waals surface area contributed by atoms with Crippen LogP contribution in [0.5, 0.6) is 0 Å². The summed E-state index contributed by atoms with van der Waals surface area (Å²) in [6, 6.07) is 3.70. The van der Waals surface area contributed by atoms with Crippen LogP contribution in [0.3, 0.4) is 0 Å². The third-order valence-corrected chi connectivity index (χ3v) is 3.07. The number of aromatic nitrogens is 2. The molecule has 0 amide bonds. The van der Waals surface area contributed by atoms with Crippen LogP contribution in [0.1, 0.15) is 12.5 Å². The smallest absolute Gasteiger partial charge is 0.203 e. The van der Waals surface area contributed by atoms with Gasteiger partial charge in [0.05, 0.1) is 6.61 Å². The van der Waals surface area contributed by atoms with Crippen molar-refractivity contribution in [3.8, 4) is 0 Å². The number of nitrogens with one attached hydrogen (secondary N) is 1. The summed E-state index contributed by atoms with van der Waals surface area (Å²) in [7, 11) is 1.64. The van der Waals surface area contributed by atoms with E-state index in [9.17, 15) is 8.78 Å². The Bertz CT molecular complexity index is 566. The molecule has 0 radical (unpaired) electrons. The number of rotatable bonds is 7. The lowest BCUT2D eigenvalue weighted by Crippen LogP contribution is -2.23. The summed E-state index contributed by atoms with van der Waals surface area (Å²) in [5.41, 5.74) is 0.622. The Balaban J connectivity index is 1.99. The second kappa shape index (κ2) is 7.17. The van der Waals surface area contributed by atoms with Gasteiger partial charge in [-0.25, -0.2) is 13.8 Å². The highest BCUT2D eigenvalue weighted by Gasteiger charge is 2.08. The number of ether oxygens (including phenoxy) is 1. The number of hydrogen-bond acceptors (Lipinski definition) is 3. The lowest BCUT2D eigenvalue weighted by molar-refractivity contribution is 0.190. The second-order valence-corrected chi connectivity index (χ2v) is 4.97. The monoisotopic (exact) mass is 295 g/mol. The lowest BCUT2D eigenvalue weighted by Gasteiger charge is -2.15. The first-order valence-corrected chi connectivity index (χ1v) is 6.80. The first-order chi connectivity index (χ1) is 10.1. The van der Waals surface area contributed by atoms with E-state index in [0.29, 0.717) is 25.1 Å². The quantitative estimate of drug-likeness (QED) is 0.853. The third kappa shape index (κ3) is 4.53. The lowest BCUT2D eigenvalue weighted by atomic mass is 10.1. The van der Waals surface area contributed by atoms with E-state index >= 15 is 0 Å². The van der Waals surface area contributed by atoms with E-state index in [-0.39, 0.29) is 6.04 Å². The number of nitrogens with zero attached hydrogens (tertiary/aromatic N) is 2. The van der Waals surface area contributed by atoms with Crippen molar-refractivity contribution in [3.63, 3.8) is 0 Å². The number of anilines is 1. The van der Waals surface area contributed by atoms with Crippen LogP contribution in [0.2, 0.25) is 0 Å². The number of benzene rings is 1. The average molecular weight is 295 g/mol. The minimum Gasteiger partial charge on any atom is -0.383 e. The van der Waals surface area contributed by atoms with Crippen LogP contribution in [0.15, 0.2) is 30.6 Å². The molecule has 0 saturated heterocycles. The van der Waals surface area contributed by atoms with Gasteiger partial charge in [-0.15, -0.1) is 0 Å². The number of hydrogen-bond donors (Lipinski definition) is 1. The molecule has 0 aliphatic rings. The molecule has 0 fully saturated rings. The highest BCUT2D eigenvalue weighted by Crippen LogP contribution is 2.12. The minimum absolute atomic E-state index is 0.128. The Labute approximate surface area is 122 Å². The third-order valence-electron chi connectivity index (χ3n) is 3.07. The van der Waals surface area contributed by atoms with E-state index in [1.54, 1.807) is 13.3 Å². The van der Waals surface area contributed by atoms with Crippen molar-refractivity contribution in [1.82, 2.24) is 9.55 Å². The zero-order valence-corrected chi connectivity index (χ0v) is 12.1. The highest BCUT2D eigenvalue weighted by molar-refractivity contribution is 5.27. The van der Waals surface area contributed by atoms with Crippen LogP contribution in [-0.2, 0) is 17.7 Å². The maximum Gasteiger partial charge on any atom is 0.203 e. The molecule has 114 valence electrons. The van der Waals surface area contributed by atoms with Gasteiger partial charge < -0.3 is 14.6 Å². The summed E-state index contributed by atoms with van der Waals surface area (Å²) in [6.07, 6.45) is 4.05. The van der Waals surface area contributed by atoms with E-state index in [1.807, 2.05) is 17.7 Å². The molecule has 1 atom stereocenters. The number of halogens is 2. The summed E-state index contributed by atoms with van der Waals surface area (Å²) in [5, 5.41) is 3.23. The Morgan fingerprint density at radius 3 is 2.67 bits per heavy atom. The maximum atomic E-state index is 13.1. The molecule has 0 aliphatic heterocycles. The Kier molecular flexibility index (Phi) is 5.27. The van der Waals surface area contributed by atoms with E-state index in [2.05, 4.69) is 10.3 Å². The van der Waals surface area contributed by atoms with E-state index in [1.165, 1.54) is 12.1 Å². The molecule has 1 heterocycles. The fourth-order valence-electron chi connectivity index (χ4n) is 2.15. The largest absolute Gasteiger partial charge is 0.383 e. The summed E-state index contributed by atoms with van der Waals surface area (Å²) >= 11 is 0. The van der Waals surface area contributed by atoms with Crippen LogP contribution in [0.4, 0.5) is 14.7 Å². The van der Waals surface area contributed by atoms with Crippen LogP contribution >= 0.6 is 0 Å². The van der Waals surface area contributed by atoms with Gasteiger partial charge in [0.2, 0.25) is 5.95 Å². The average Bonchev–Trinajstić information content (AvgIpc) is 2.83. The van der Waals surface area contributed by atoms with Gasteiger partial charge in [-0.05, 0) is 31.0 Å². The summed E-state index contributed by atoms with van der Waals surface area (Å²) in [6.45, 7) is 3.15. The van der Waals surface area contributed by atoms with Gasteiger partial charge in [0, 0.05) is 38.2 Å². The molecule has 0 aliphatic carbocycles. The van der Waals surface area contributed by atoms with Gasteiger partial charge in [-0.1, -0.05) is 0 Å². The zero-order valence-electron chi connectivity index (χ0n) is 12.1. The van der Waals surface area contributed by atoms with E-state index < -0.39 is 11.6 Å². The maximum absolute atomic E-state index is 13.1. The van der Waals surface area contributed by atoms with Gasteiger partial charge in [0.15, 0.2) is 0 Å². The predicted octanol–water partition coefficient (Wildman–Crippen LogP) is 2.85. The fraction of sp³-hybridized carbons (Fsp3) is 0.400. The molecule has 1 N–H and O–H groups in total. The number of imidazole rings is 1. The Hall–Kier alpha value is -1.95. The summed E-state index contributed by atoms with van der Waals surface area (Å²) < 4.78 is 33.3. The number of aryl methyl sites for hydroxylation is 2. The first kappa shape index (κ1) is 15.4. The van der Waals surface area contributed by atoms with Crippen LogP contribution in [-0.4, -0.2) is 29.3 Å². The molecular weight excluding hydrogens is 276 g/mol. The first-order valence-electron chi connectivity index (χ1n) is 6.80. The summed E-state index contributed by atoms with van der Waals surface area (Å²) in [4.78, 5) is 4.23. The Morgan fingerprint density at radius 1 is 1.29 bits per heavy atom. The molecular formula is C15H19F2N3O. The van der Waals surface area contributed by atoms with Gasteiger partial charge in [-0.3, -0.25) is 0 Å². The van der Waals surface area contributed by atoms with Gasteiger partial charge in [-0.2, -0.15) is 0 Å². The molecule has 1 aromatic carbocycles. The molecule has 6 heteroatoms. The van der Waals surface area contributed by atoms with E-state index in [0.717, 1.165) is 12.0 Å². The molecule has 4 nitrogen and oxygen atoms in total. The van der Waals surface area contributed by atoms with Crippen molar-refractivity contribution >= 4 is 5.95 Å². The van der Waals surface area contributed by atoms with Gasteiger partial charge in [0.25, 0.3) is 0 Å². The van der Waals surface area contributed by atoms with Crippen molar-refractivity contribution in [2.24, 2.45) is 0 Å². The predicted molar refractivity (Wildman–Crippen MR) is 77.2 cm³/mol. The second-order valence-electron chi connectivity index (χ2n) is 4.97. The summed E-state index contributed by atoms with van der Waals surface area (Å²) in [5.74, 6) is -0.387. The van der Waals surface area contributed by atoms with Crippen molar-refractivity contribution in [3.05, 3.63) is 47.8 Å². The van der Waals surface area contributed by atoms with Crippen LogP contribution in [0.25, 0.3) is 0 Å². The molecule has 21 heavy (non-hydrogen) atoms. The highest BCUT2D eigenvalue weighted by atomic mass is 19.1. The topological polar surface area (TPSA) is 39.1 Å². The molecule has 0 saturated carbocycles. The molecule has 0 bridgehead atoms. The molecule has 2 rings (SSSR count). The molecule has 0 spiro atoms. The molecule has 2 aromatic rings. The van der Waals surface area contributed by atoms with E-state index in [4.69, 9.17) is 4.74 Å². The van der Waals surface area contributed by atoms with Crippen molar-refractivity contribution in [2.45, 2.75) is 25.9 Å². The minimum atomic E-state index is -0.553.